The van der Waals surface area contributed by atoms with Gasteiger partial charge >= 0.3 is 0 Å². The number of benzene rings is 2. The Kier molecular flexibility index (Phi) is 5.03. The van der Waals surface area contributed by atoms with Gasteiger partial charge in [-0.05, 0) is 67.9 Å². The van der Waals surface area contributed by atoms with Crippen LogP contribution in [0.2, 0.25) is 0 Å². The fourth-order valence-electron chi connectivity index (χ4n) is 5.58. The lowest BCUT2D eigenvalue weighted by molar-refractivity contribution is 0.336. The molecule has 0 aliphatic heterocycles. The predicted octanol–water partition coefficient (Wildman–Crippen LogP) is 6.31. The molecule has 0 saturated heterocycles. The quantitative estimate of drug-likeness (QED) is 0.651. The lowest BCUT2D eigenvalue weighted by atomic mass is 9.73. The second kappa shape index (κ2) is 7.46. The number of rotatable bonds is 6. The number of hydrogen-bond donors (Lipinski definition) is 1. The Labute approximate surface area is 163 Å². The van der Waals surface area contributed by atoms with Crippen LogP contribution in [-0.4, -0.2) is 14.2 Å². The molecule has 0 amide bonds. The summed E-state index contributed by atoms with van der Waals surface area (Å²) in [6.07, 6.45) is 8.00. The van der Waals surface area contributed by atoms with Gasteiger partial charge in [-0.1, -0.05) is 25.8 Å². The highest BCUT2D eigenvalue weighted by molar-refractivity contribution is 5.64. The van der Waals surface area contributed by atoms with Crippen molar-refractivity contribution in [3.8, 4) is 11.5 Å². The molecule has 0 aromatic heterocycles. The van der Waals surface area contributed by atoms with Gasteiger partial charge in [0, 0.05) is 28.4 Å². The molecule has 2 aliphatic carbocycles. The minimum atomic E-state index is 0.304. The number of anilines is 2. The summed E-state index contributed by atoms with van der Waals surface area (Å²) in [6.45, 7) is 2.34. The van der Waals surface area contributed by atoms with E-state index >= 15 is 0 Å². The first-order valence-electron chi connectivity index (χ1n) is 10.3. The number of ether oxygens (including phenoxy) is 2. The number of hydrogen-bond acceptors (Lipinski definition) is 3. The van der Waals surface area contributed by atoms with E-state index in [1.54, 1.807) is 14.2 Å². The highest BCUT2D eigenvalue weighted by Crippen LogP contribution is 2.60. The molecule has 2 aliphatic rings. The van der Waals surface area contributed by atoms with Gasteiger partial charge in [0.25, 0.3) is 0 Å². The van der Waals surface area contributed by atoms with Gasteiger partial charge in [-0.25, -0.2) is 0 Å². The van der Waals surface area contributed by atoms with Crippen LogP contribution < -0.4 is 14.8 Å². The molecule has 0 heterocycles. The Morgan fingerprint density at radius 3 is 2.70 bits per heavy atom. The molecule has 3 unspecified atom stereocenters. The maximum absolute atomic E-state index is 5.82. The van der Waals surface area contributed by atoms with Crippen LogP contribution in [0.1, 0.15) is 51.0 Å². The zero-order chi connectivity index (χ0) is 18.9. The van der Waals surface area contributed by atoms with Crippen LogP contribution in [0, 0.1) is 11.8 Å². The third-order valence-electron chi connectivity index (χ3n) is 6.90. The Morgan fingerprint density at radius 2 is 1.93 bits per heavy atom. The van der Waals surface area contributed by atoms with Crippen LogP contribution in [0.25, 0.3) is 0 Å². The molecule has 3 atom stereocenters. The normalized spacial score (nSPS) is 26.6. The van der Waals surface area contributed by atoms with Crippen molar-refractivity contribution in [3.05, 3.63) is 48.0 Å². The predicted molar refractivity (Wildman–Crippen MR) is 111 cm³/mol. The molecule has 0 spiro atoms. The molecular formula is C24H31NO2. The second-order valence-electron chi connectivity index (χ2n) is 8.23. The number of fused-ring (bicyclic) bond motifs is 1. The average molecular weight is 366 g/mol. The molecule has 0 radical (unpaired) electrons. The summed E-state index contributed by atoms with van der Waals surface area (Å²) < 4.78 is 11.2. The van der Waals surface area contributed by atoms with E-state index in [2.05, 4.69) is 36.5 Å². The lowest BCUT2D eigenvalue weighted by Crippen LogP contribution is -2.26. The number of nitrogens with one attached hydrogen (secondary N) is 1. The van der Waals surface area contributed by atoms with Crippen LogP contribution in [0.5, 0.6) is 11.5 Å². The van der Waals surface area contributed by atoms with Gasteiger partial charge in [-0.3, -0.25) is 0 Å². The standard InChI is InChI=1S/C24H31NO2/c1-4-17-13-18-7-6-12-24(18,16-17)22-15-20(10-11-23(22)27-3)25-19-8-5-9-21(14-19)26-2/h5,8-11,14-15,17-18,25H,4,6-7,12-13,16H2,1-3H3. The lowest BCUT2D eigenvalue weighted by Gasteiger charge is -2.32. The van der Waals surface area contributed by atoms with Crippen LogP contribution >= 0.6 is 0 Å². The van der Waals surface area contributed by atoms with E-state index in [0.29, 0.717) is 5.41 Å². The molecule has 2 aromatic carbocycles. The Morgan fingerprint density at radius 1 is 1.07 bits per heavy atom. The van der Waals surface area contributed by atoms with E-state index in [0.717, 1.165) is 34.7 Å². The van der Waals surface area contributed by atoms with Crippen molar-refractivity contribution in [3.63, 3.8) is 0 Å². The van der Waals surface area contributed by atoms with Crippen molar-refractivity contribution < 1.29 is 9.47 Å². The Hall–Kier alpha value is -2.16. The summed E-state index contributed by atoms with van der Waals surface area (Å²) in [6, 6.07) is 14.7. The van der Waals surface area contributed by atoms with Crippen LogP contribution in [0.4, 0.5) is 11.4 Å². The van der Waals surface area contributed by atoms with E-state index in [9.17, 15) is 0 Å². The molecule has 27 heavy (non-hydrogen) atoms. The molecule has 2 fully saturated rings. The largest absolute Gasteiger partial charge is 0.497 e. The summed E-state index contributed by atoms with van der Waals surface area (Å²) in [5.74, 6) is 3.58. The van der Waals surface area contributed by atoms with Gasteiger partial charge in [0.1, 0.15) is 11.5 Å². The molecule has 2 saturated carbocycles. The molecule has 144 valence electrons. The van der Waals surface area contributed by atoms with Crippen LogP contribution in [0.3, 0.4) is 0 Å². The van der Waals surface area contributed by atoms with Gasteiger partial charge < -0.3 is 14.8 Å². The van der Waals surface area contributed by atoms with Gasteiger partial charge in [-0.2, -0.15) is 0 Å². The minimum Gasteiger partial charge on any atom is -0.497 e. The molecule has 0 bridgehead atoms. The van der Waals surface area contributed by atoms with E-state index in [1.165, 1.54) is 44.1 Å². The summed E-state index contributed by atoms with van der Waals surface area (Å²) in [5, 5.41) is 3.56. The first-order chi connectivity index (χ1) is 13.2. The fourth-order valence-corrected chi connectivity index (χ4v) is 5.58. The van der Waals surface area contributed by atoms with Crippen molar-refractivity contribution >= 4 is 11.4 Å². The van der Waals surface area contributed by atoms with Gasteiger partial charge in [0.2, 0.25) is 0 Å². The van der Waals surface area contributed by atoms with Gasteiger partial charge in [0.15, 0.2) is 0 Å². The van der Waals surface area contributed by atoms with Crippen LogP contribution in [-0.2, 0) is 5.41 Å². The summed E-state index contributed by atoms with van der Waals surface area (Å²) >= 11 is 0. The van der Waals surface area contributed by atoms with Crippen molar-refractivity contribution in [2.75, 3.05) is 19.5 Å². The van der Waals surface area contributed by atoms with E-state index in [1.807, 2.05) is 18.2 Å². The maximum atomic E-state index is 5.82. The van der Waals surface area contributed by atoms with Crippen molar-refractivity contribution in [2.45, 2.75) is 50.9 Å². The fraction of sp³-hybridized carbons (Fsp3) is 0.500. The first-order valence-corrected chi connectivity index (χ1v) is 10.3. The average Bonchev–Trinajstić information content (AvgIpc) is 3.26. The minimum absolute atomic E-state index is 0.304. The SMILES string of the molecule is CCC1CC2CCCC2(c2cc(Nc3cccc(OC)c3)ccc2OC)C1. The smallest absolute Gasteiger partial charge is 0.122 e. The third kappa shape index (κ3) is 3.28. The topological polar surface area (TPSA) is 30.5 Å². The van der Waals surface area contributed by atoms with Crippen LogP contribution in [0.15, 0.2) is 42.5 Å². The molecule has 3 heteroatoms. The Balaban J connectivity index is 1.69. The highest BCUT2D eigenvalue weighted by Gasteiger charge is 2.51. The summed E-state index contributed by atoms with van der Waals surface area (Å²) in [4.78, 5) is 0. The zero-order valence-electron chi connectivity index (χ0n) is 16.8. The van der Waals surface area contributed by atoms with Gasteiger partial charge in [0.05, 0.1) is 14.2 Å². The summed E-state index contributed by atoms with van der Waals surface area (Å²) in [7, 11) is 3.51. The Bertz CT molecular complexity index is 803. The molecule has 3 nitrogen and oxygen atoms in total. The second-order valence-corrected chi connectivity index (χ2v) is 8.23. The molecular weight excluding hydrogens is 334 g/mol. The molecule has 4 rings (SSSR count). The molecule has 2 aromatic rings. The zero-order valence-corrected chi connectivity index (χ0v) is 16.8. The van der Waals surface area contributed by atoms with Crippen molar-refractivity contribution in [2.24, 2.45) is 11.8 Å². The van der Waals surface area contributed by atoms with Gasteiger partial charge in [-0.15, -0.1) is 0 Å². The monoisotopic (exact) mass is 365 g/mol. The maximum Gasteiger partial charge on any atom is 0.122 e. The number of methoxy groups -OCH3 is 2. The third-order valence-corrected chi connectivity index (χ3v) is 6.90. The van der Waals surface area contributed by atoms with E-state index in [4.69, 9.17) is 9.47 Å². The van der Waals surface area contributed by atoms with Crippen molar-refractivity contribution in [1.29, 1.82) is 0 Å². The summed E-state index contributed by atoms with van der Waals surface area (Å²) in [5.41, 5.74) is 3.89. The van der Waals surface area contributed by atoms with E-state index < -0.39 is 0 Å². The molecule has 1 N–H and O–H groups in total. The first kappa shape index (κ1) is 18.2. The highest BCUT2D eigenvalue weighted by atomic mass is 16.5. The van der Waals surface area contributed by atoms with E-state index in [-0.39, 0.29) is 0 Å². The van der Waals surface area contributed by atoms with Crippen molar-refractivity contribution in [1.82, 2.24) is 0 Å².